The minimum atomic E-state index is -0.270. The quantitative estimate of drug-likeness (QED) is 0.654. The number of hydrogen-bond donors (Lipinski definition) is 3. The van der Waals surface area contributed by atoms with Gasteiger partial charge in [0.05, 0.1) is 0 Å². The predicted octanol–water partition coefficient (Wildman–Crippen LogP) is 3.21. The molecule has 1 aromatic rings. The fourth-order valence-corrected chi connectivity index (χ4v) is 3.24. The summed E-state index contributed by atoms with van der Waals surface area (Å²) in [7, 11) is 0. The summed E-state index contributed by atoms with van der Waals surface area (Å²) in [4.78, 5) is 26.6. The fourth-order valence-electron chi connectivity index (χ4n) is 3.24. The van der Waals surface area contributed by atoms with Crippen molar-refractivity contribution in [1.82, 2.24) is 15.5 Å². The van der Waals surface area contributed by atoms with Crippen molar-refractivity contribution < 1.29 is 9.59 Å². The summed E-state index contributed by atoms with van der Waals surface area (Å²) in [5.74, 6) is -0.107. The first-order valence-electron chi connectivity index (χ1n) is 9.65. The Morgan fingerprint density at radius 3 is 2.81 bits per heavy atom. The zero-order chi connectivity index (χ0) is 18.9. The van der Waals surface area contributed by atoms with Crippen molar-refractivity contribution in [2.75, 3.05) is 25.0 Å². The topological polar surface area (TPSA) is 73.5 Å². The fraction of sp³-hybridized carbons (Fsp3) is 0.600. The molecule has 6 heteroatoms. The van der Waals surface area contributed by atoms with Crippen molar-refractivity contribution in [3.63, 3.8) is 0 Å². The molecule has 1 aliphatic rings. The maximum atomic E-state index is 12.3. The van der Waals surface area contributed by atoms with E-state index >= 15 is 0 Å². The molecule has 1 aromatic carbocycles. The van der Waals surface area contributed by atoms with Gasteiger partial charge < -0.3 is 20.9 Å². The van der Waals surface area contributed by atoms with Crippen LogP contribution in [-0.4, -0.2) is 48.6 Å². The first kappa shape index (κ1) is 20.2. The van der Waals surface area contributed by atoms with Gasteiger partial charge in [0.15, 0.2) is 0 Å². The number of benzene rings is 1. The minimum absolute atomic E-state index is 0.0594. The van der Waals surface area contributed by atoms with Gasteiger partial charge in [-0.25, -0.2) is 4.79 Å². The molecule has 1 fully saturated rings. The number of hydrogen-bond acceptors (Lipinski definition) is 3. The molecule has 144 valence electrons. The number of nitrogens with one attached hydrogen (secondary N) is 3. The lowest BCUT2D eigenvalue weighted by Gasteiger charge is -2.33. The predicted molar refractivity (Wildman–Crippen MR) is 106 cm³/mol. The molecule has 0 saturated carbocycles. The number of likely N-dealkylation sites (tertiary alicyclic amines) is 1. The Bertz CT molecular complexity index is 603. The van der Waals surface area contributed by atoms with Crippen LogP contribution in [0.25, 0.3) is 0 Å². The standard InChI is InChI=1S/C20H32N4O2/c1-15(2)22-20(26)23-18-10-6-9-17(14-18)19(25)21-11-7-13-24-12-5-4-8-16(24)3/h6,9-10,14-16H,4-5,7-8,11-13H2,1-3H3,(H,21,25)(H2,22,23,26)/t16-/m1/s1. The normalized spacial score (nSPS) is 17.8. The van der Waals surface area contributed by atoms with Crippen molar-refractivity contribution in [3.05, 3.63) is 29.8 Å². The van der Waals surface area contributed by atoms with Crippen molar-refractivity contribution in [2.24, 2.45) is 0 Å². The summed E-state index contributed by atoms with van der Waals surface area (Å²) in [6.45, 7) is 8.93. The molecule has 0 spiro atoms. The molecule has 3 N–H and O–H groups in total. The Morgan fingerprint density at radius 1 is 1.27 bits per heavy atom. The highest BCUT2D eigenvalue weighted by atomic mass is 16.2. The van der Waals surface area contributed by atoms with Gasteiger partial charge in [-0.05, 0) is 64.8 Å². The van der Waals surface area contributed by atoms with E-state index in [9.17, 15) is 9.59 Å². The molecule has 0 radical (unpaired) electrons. The van der Waals surface area contributed by atoms with Crippen LogP contribution in [0.15, 0.2) is 24.3 Å². The van der Waals surface area contributed by atoms with Crippen LogP contribution >= 0.6 is 0 Å². The summed E-state index contributed by atoms with van der Waals surface area (Å²) < 4.78 is 0. The Labute approximate surface area is 156 Å². The van der Waals surface area contributed by atoms with Gasteiger partial charge in [-0.15, -0.1) is 0 Å². The number of piperidine rings is 1. The summed E-state index contributed by atoms with van der Waals surface area (Å²) in [6.07, 6.45) is 4.83. The number of urea groups is 1. The van der Waals surface area contributed by atoms with E-state index in [1.807, 2.05) is 13.8 Å². The lowest BCUT2D eigenvalue weighted by atomic mass is 10.0. The Hall–Kier alpha value is -2.08. The van der Waals surface area contributed by atoms with Gasteiger partial charge in [0.2, 0.25) is 0 Å². The third kappa shape index (κ3) is 6.67. The molecule has 0 bridgehead atoms. The molecule has 6 nitrogen and oxygen atoms in total. The molecule has 0 aromatic heterocycles. The van der Waals surface area contributed by atoms with Crippen molar-refractivity contribution >= 4 is 17.6 Å². The smallest absolute Gasteiger partial charge is 0.319 e. The number of rotatable bonds is 7. The molecular weight excluding hydrogens is 328 g/mol. The van der Waals surface area contributed by atoms with E-state index in [0.29, 0.717) is 23.8 Å². The van der Waals surface area contributed by atoms with Crippen LogP contribution in [0.2, 0.25) is 0 Å². The average molecular weight is 361 g/mol. The van der Waals surface area contributed by atoms with E-state index in [1.165, 1.54) is 25.8 Å². The minimum Gasteiger partial charge on any atom is -0.352 e. The van der Waals surface area contributed by atoms with Crippen molar-refractivity contribution in [1.29, 1.82) is 0 Å². The monoisotopic (exact) mass is 360 g/mol. The van der Waals surface area contributed by atoms with Crippen LogP contribution in [0, 0.1) is 0 Å². The van der Waals surface area contributed by atoms with Gasteiger partial charge in [-0.3, -0.25) is 4.79 Å². The Balaban J connectivity index is 1.76. The highest BCUT2D eigenvalue weighted by Gasteiger charge is 2.17. The van der Waals surface area contributed by atoms with Gasteiger partial charge in [0.25, 0.3) is 5.91 Å². The molecule has 1 aliphatic heterocycles. The lowest BCUT2D eigenvalue weighted by molar-refractivity contribution is 0.0949. The maximum Gasteiger partial charge on any atom is 0.319 e. The largest absolute Gasteiger partial charge is 0.352 e. The van der Waals surface area contributed by atoms with E-state index in [1.54, 1.807) is 24.3 Å². The molecule has 1 saturated heterocycles. The Morgan fingerprint density at radius 2 is 2.08 bits per heavy atom. The van der Waals surface area contributed by atoms with Crippen LogP contribution in [-0.2, 0) is 0 Å². The van der Waals surface area contributed by atoms with Gasteiger partial charge in [0, 0.05) is 36.4 Å². The highest BCUT2D eigenvalue weighted by Crippen LogP contribution is 2.16. The van der Waals surface area contributed by atoms with Crippen LogP contribution in [0.3, 0.4) is 0 Å². The first-order chi connectivity index (χ1) is 12.5. The number of nitrogens with zero attached hydrogens (tertiary/aromatic N) is 1. The summed E-state index contributed by atoms with van der Waals surface area (Å²) >= 11 is 0. The van der Waals surface area contributed by atoms with E-state index in [-0.39, 0.29) is 18.0 Å². The second-order valence-electron chi connectivity index (χ2n) is 7.32. The molecule has 3 amide bonds. The van der Waals surface area contributed by atoms with Crippen molar-refractivity contribution in [3.8, 4) is 0 Å². The van der Waals surface area contributed by atoms with E-state index in [0.717, 1.165) is 13.0 Å². The number of carbonyl (C=O) groups excluding carboxylic acids is 2. The van der Waals surface area contributed by atoms with E-state index in [2.05, 4.69) is 27.8 Å². The second-order valence-corrected chi connectivity index (χ2v) is 7.32. The summed E-state index contributed by atoms with van der Waals surface area (Å²) in [5, 5.41) is 8.48. The van der Waals surface area contributed by atoms with Crippen LogP contribution in [0.1, 0.15) is 56.8 Å². The van der Waals surface area contributed by atoms with Gasteiger partial charge in [0.1, 0.15) is 0 Å². The molecule has 1 atom stereocenters. The Kier molecular flexibility index (Phi) is 7.91. The molecule has 1 heterocycles. The first-order valence-corrected chi connectivity index (χ1v) is 9.65. The molecular formula is C20H32N4O2. The zero-order valence-corrected chi connectivity index (χ0v) is 16.2. The SMILES string of the molecule is CC(C)NC(=O)Nc1cccc(C(=O)NCCCN2CCCC[C@H]2C)c1. The van der Waals surface area contributed by atoms with Crippen LogP contribution < -0.4 is 16.0 Å². The number of anilines is 1. The second kappa shape index (κ2) is 10.2. The van der Waals surface area contributed by atoms with Crippen LogP contribution in [0.4, 0.5) is 10.5 Å². The molecule has 26 heavy (non-hydrogen) atoms. The summed E-state index contributed by atoms with van der Waals surface area (Å²) in [6, 6.07) is 7.44. The highest BCUT2D eigenvalue weighted by molar-refractivity contribution is 5.96. The van der Waals surface area contributed by atoms with Crippen molar-refractivity contribution in [2.45, 2.75) is 58.5 Å². The summed E-state index contributed by atoms with van der Waals surface area (Å²) in [5.41, 5.74) is 1.16. The van der Waals surface area contributed by atoms with Gasteiger partial charge in [-0.2, -0.15) is 0 Å². The molecule has 0 aliphatic carbocycles. The zero-order valence-electron chi connectivity index (χ0n) is 16.2. The van der Waals surface area contributed by atoms with Gasteiger partial charge >= 0.3 is 6.03 Å². The molecule has 0 unspecified atom stereocenters. The number of amides is 3. The third-order valence-corrected chi connectivity index (χ3v) is 4.65. The van der Waals surface area contributed by atoms with E-state index in [4.69, 9.17) is 0 Å². The maximum absolute atomic E-state index is 12.3. The average Bonchev–Trinajstić information content (AvgIpc) is 2.59. The van der Waals surface area contributed by atoms with E-state index < -0.39 is 0 Å². The van der Waals surface area contributed by atoms with Crippen LogP contribution in [0.5, 0.6) is 0 Å². The van der Waals surface area contributed by atoms with Gasteiger partial charge in [-0.1, -0.05) is 12.5 Å². The third-order valence-electron chi connectivity index (χ3n) is 4.65. The number of carbonyl (C=O) groups is 2. The molecule has 2 rings (SSSR count). The lowest BCUT2D eigenvalue weighted by Crippen LogP contribution is -2.39.